The van der Waals surface area contributed by atoms with Gasteiger partial charge in [0, 0.05) is 42.5 Å². The average molecular weight is 396 g/mol. The summed E-state index contributed by atoms with van der Waals surface area (Å²) in [6.07, 6.45) is 0.0571. The number of nitro groups is 1. The van der Waals surface area contributed by atoms with Crippen molar-refractivity contribution >= 4 is 22.8 Å². The van der Waals surface area contributed by atoms with Crippen LogP contribution in [0, 0.1) is 17.0 Å². The summed E-state index contributed by atoms with van der Waals surface area (Å²) in [4.78, 5) is 22.1. The molecule has 1 aliphatic heterocycles. The summed E-state index contributed by atoms with van der Waals surface area (Å²) < 4.78 is 6.12. The van der Waals surface area contributed by atoms with Crippen molar-refractivity contribution in [1.29, 1.82) is 0 Å². The quantitative estimate of drug-likeness (QED) is 0.481. The van der Waals surface area contributed by atoms with Crippen molar-refractivity contribution in [2.75, 3.05) is 18.0 Å². The van der Waals surface area contributed by atoms with Crippen LogP contribution < -0.4 is 4.90 Å². The van der Waals surface area contributed by atoms with E-state index in [1.54, 1.807) is 23.5 Å². The van der Waals surface area contributed by atoms with Gasteiger partial charge in [-0.1, -0.05) is 12.1 Å². The molecule has 2 atom stereocenters. The molecule has 1 aromatic carbocycles. The Hall–Kier alpha value is -2.84. The van der Waals surface area contributed by atoms with E-state index in [-0.39, 0.29) is 17.9 Å². The normalized spacial score (nSPS) is 19.6. The fraction of sp³-hybridized carbons (Fsp3) is 0.300. The van der Waals surface area contributed by atoms with Crippen LogP contribution in [0.5, 0.6) is 0 Å². The first-order valence-corrected chi connectivity index (χ1v) is 9.97. The molecule has 0 bridgehead atoms. The molecule has 0 spiro atoms. The second-order valence-corrected chi connectivity index (χ2v) is 7.68. The van der Waals surface area contributed by atoms with E-state index in [1.807, 2.05) is 13.0 Å². The highest BCUT2D eigenvalue weighted by molar-refractivity contribution is 7.07. The summed E-state index contributed by atoms with van der Waals surface area (Å²) >= 11 is 1.66. The van der Waals surface area contributed by atoms with Crippen LogP contribution in [0.3, 0.4) is 0 Å². The number of anilines is 1. The molecule has 3 aromatic rings. The zero-order valence-electron chi connectivity index (χ0n) is 15.6. The number of non-ortho nitro benzene ring substituents is 1. The molecule has 0 saturated carbocycles. The van der Waals surface area contributed by atoms with E-state index < -0.39 is 4.92 Å². The Morgan fingerprint density at radius 3 is 2.86 bits per heavy atom. The van der Waals surface area contributed by atoms with E-state index in [2.05, 4.69) is 33.6 Å². The summed E-state index contributed by atoms with van der Waals surface area (Å²) in [5.74, 6) is 1.30. The number of benzene rings is 1. The van der Waals surface area contributed by atoms with Gasteiger partial charge in [0.25, 0.3) is 5.69 Å². The minimum Gasteiger partial charge on any atom is -0.367 e. The standard InChI is InChI=1S/C20H20N4O3S/c1-13-8-19(22-20(21-13)15-4-3-5-17(9-15)24(25)26)23-10-14(2)27-18(11-23)16-6-7-28-12-16/h3-9,12,14,18H,10-11H2,1-2H3. The molecule has 0 radical (unpaired) electrons. The zero-order valence-corrected chi connectivity index (χ0v) is 16.4. The first-order valence-electron chi connectivity index (χ1n) is 9.02. The maximum Gasteiger partial charge on any atom is 0.270 e. The molecule has 2 unspecified atom stereocenters. The van der Waals surface area contributed by atoms with Gasteiger partial charge in [-0.25, -0.2) is 9.97 Å². The van der Waals surface area contributed by atoms with Crippen molar-refractivity contribution in [1.82, 2.24) is 9.97 Å². The summed E-state index contributed by atoms with van der Waals surface area (Å²) in [7, 11) is 0. The van der Waals surface area contributed by atoms with E-state index in [9.17, 15) is 10.1 Å². The summed E-state index contributed by atoms with van der Waals surface area (Å²) in [5, 5.41) is 15.3. The van der Waals surface area contributed by atoms with Crippen LogP contribution in [0.1, 0.15) is 24.3 Å². The number of hydrogen-bond acceptors (Lipinski definition) is 7. The van der Waals surface area contributed by atoms with Crippen LogP contribution in [-0.2, 0) is 4.74 Å². The van der Waals surface area contributed by atoms with Crippen molar-refractivity contribution in [2.24, 2.45) is 0 Å². The van der Waals surface area contributed by atoms with Crippen LogP contribution in [-0.4, -0.2) is 34.1 Å². The van der Waals surface area contributed by atoms with E-state index in [0.29, 0.717) is 17.9 Å². The first-order chi connectivity index (χ1) is 13.5. The monoisotopic (exact) mass is 396 g/mol. The largest absolute Gasteiger partial charge is 0.367 e. The van der Waals surface area contributed by atoms with E-state index in [0.717, 1.165) is 18.1 Å². The Labute approximate surface area is 166 Å². The highest BCUT2D eigenvalue weighted by atomic mass is 32.1. The zero-order chi connectivity index (χ0) is 19.7. The van der Waals surface area contributed by atoms with Gasteiger partial charge in [-0.05, 0) is 36.2 Å². The molecule has 1 saturated heterocycles. The second kappa shape index (κ2) is 7.65. The number of ether oxygens (including phenoxy) is 1. The maximum absolute atomic E-state index is 11.1. The van der Waals surface area contributed by atoms with Crippen molar-refractivity contribution in [2.45, 2.75) is 26.1 Å². The van der Waals surface area contributed by atoms with Gasteiger partial charge in [0.2, 0.25) is 0 Å². The van der Waals surface area contributed by atoms with Gasteiger partial charge in [-0.15, -0.1) is 0 Å². The predicted octanol–water partition coefficient (Wildman–Crippen LogP) is 4.39. The fourth-order valence-electron chi connectivity index (χ4n) is 3.38. The molecule has 4 rings (SSSR count). The first kappa shape index (κ1) is 18.5. The van der Waals surface area contributed by atoms with Crippen molar-refractivity contribution in [3.63, 3.8) is 0 Å². The van der Waals surface area contributed by atoms with Gasteiger partial charge in [0.15, 0.2) is 5.82 Å². The molecule has 0 N–H and O–H groups in total. The van der Waals surface area contributed by atoms with Crippen LogP contribution in [0.25, 0.3) is 11.4 Å². The Kier molecular flexibility index (Phi) is 5.06. The second-order valence-electron chi connectivity index (χ2n) is 6.90. The smallest absolute Gasteiger partial charge is 0.270 e. The van der Waals surface area contributed by atoms with E-state index >= 15 is 0 Å². The Morgan fingerprint density at radius 1 is 1.25 bits per heavy atom. The minimum atomic E-state index is -0.407. The van der Waals surface area contributed by atoms with Gasteiger partial charge >= 0.3 is 0 Å². The lowest BCUT2D eigenvalue weighted by molar-refractivity contribution is -0.384. The van der Waals surface area contributed by atoms with Gasteiger partial charge in [0.05, 0.1) is 11.0 Å². The number of nitro benzene ring substituents is 1. The van der Waals surface area contributed by atoms with Crippen molar-refractivity contribution in [3.8, 4) is 11.4 Å². The molecule has 7 nitrogen and oxygen atoms in total. The third-order valence-corrected chi connectivity index (χ3v) is 5.36. The number of hydrogen-bond donors (Lipinski definition) is 0. The fourth-order valence-corrected chi connectivity index (χ4v) is 4.08. The molecule has 0 amide bonds. The molecule has 0 aliphatic carbocycles. The Morgan fingerprint density at radius 2 is 2.11 bits per heavy atom. The Bertz CT molecular complexity index is 993. The average Bonchev–Trinajstić information content (AvgIpc) is 3.22. The van der Waals surface area contributed by atoms with Gasteiger partial charge in [-0.3, -0.25) is 10.1 Å². The van der Waals surface area contributed by atoms with Crippen LogP contribution in [0.2, 0.25) is 0 Å². The van der Waals surface area contributed by atoms with Crippen LogP contribution in [0.15, 0.2) is 47.2 Å². The molecule has 144 valence electrons. The Balaban J connectivity index is 1.67. The molecule has 2 aromatic heterocycles. The van der Waals surface area contributed by atoms with Crippen LogP contribution >= 0.6 is 11.3 Å². The van der Waals surface area contributed by atoms with Crippen LogP contribution in [0.4, 0.5) is 11.5 Å². The lowest BCUT2D eigenvalue weighted by atomic mass is 10.1. The predicted molar refractivity (Wildman–Crippen MR) is 109 cm³/mol. The van der Waals surface area contributed by atoms with Crippen molar-refractivity contribution < 1.29 is 9.66 Å². The molecule has 28 heavy (non-hydrogen) atoms. The number of rotatable bonds is 4. The lowest BCUT2D eigenvalue weighted by Gasteiger charge is -2.37. The highest BCUT2D eigenvalue weighted by Gasteiger charge is 2.28. The molecule has 1 fully saturated rings. The van der Waals surface area contributed by atoms with Gasteiger partial charge < -0.3 is 9.64 Å². The summed E-state index contributed by atoms with van der Waals surface area (Å²) in [6, 6.07) is 10.5. The van der Waals surface area contributed by atoms with Crippen molar-refractivity contribution in [3.05, 3.63) is 68.5 Å². The lowest BCUT2D eigenvalue weighted by Crippen LogP contribution is -2.43. The summed E-state index contributed by atoms with van der Waals surface area (Å²) in [5.41, 5.74) is 2.65. The maximum atomic E-state index is 11.1. The summed E-state index contributed by atoms with van der Waals surface area (Å²) in [6.45, 7) is 5.39. The van der Waals surface area contributed by atoms with E-state index in [4.69, 9.17) is 9.72 Å². The number of nitrogens with zero attached hydrogens (tertiary/aromatic N) is 4. The topological polar surface area (TPSA) is 81.4 Å². The SMILES string of the molecule is Cc1cc(N2CC(C)OC(c3ccsc3)C2)nc(-c2cccc([N+](=O)[O-])c2)n1. The number of aromatic nitrogens is 2. The van der Waals surface area contributed by atoms with Gasteiger partial charge in [0.1, 0.15) is 11.9 Å². The molecular weight excluding hydrogens is 376 g/mol. The van der Waals surface area contributed by atoms with E-state index in [1.165, 1.54) is 17.7 Å². The third-order valence-electron chi connectivity index (χ3n) is 4.66. The minimum absolute atomic E-state index is 0.00784. The third kappa shape index (κ3) is 3.88. The molecule has 8 heteroatoms. The molecule has 3 heterocycles. The highest BCUT2D eigenvalue weighted by Crippen LogP contribution is 2.30. The number of thiophene rings is 1. The molecule has 1 aliphatic rings. The number of morpholine rings is 1. The number of aryl methyl sites for hydroxylation is 1. The molecular formula is C20H20N4O3S. The van der Waals surface area contributed by atoms with Gasteiger partial charge in [-0.2, -0.15) is 11.3 Å².